The van der Waals surface area contributed by atoms with Gasteiger partial charge in [0.1, 0.15) is 5.75 Å². The van der Waals surface area contributed by atoms with Gasteiger partial charge in [-0.15, -0.1) is 0 Å². The first-order valence-corrected chi connectivity index (χ1v) is 8.10. The molecule has 2 aromatic carbocycles. The van der Waals surface area contributed by atoms with Crippen molar-refractivity contribution >= 4 is 34.9 Å². The van der Waals surface area contributed by atoms with Crippen molar-refractivity contribution in [1.82, 2.24) is 5.32 Å². The van der Waals surface area contributed by atoms with Gasteiger partial charge in [0.2, 0.25) is 5.91 Å². The third-order valence-electron chi connectivity index (χ3n) is 3.38. The van der Waals surface area contributed by atoms with Gasteiger partial charge in [0, 0.05) is 18.7 Å². The molecule has 0 atom stereocenters. The third kappa shape index (κ3) is 6.00. The molecule has 0 saturated heterocycles. The molecule has 0 bridgehead atoms. The number of aryl methyl sites for hydroxylation is 1. The van der Waals surface area contributed by atoms with Gasteiger partial charge in [-0.25, -0.2) is 4.79 Å². The average molecular weight is 362 g/mol. The molecule has 0 aliphatic rings. The molecular formula is C18H20ClN3O3. The van der Waals surface area contributed by atoms with E-state index in [4.69, 9.17) is 16.3 Å². The fourth-order valence-electron chi connectivity index (χ4n) is 2.07. The van der Waals surface area contributed by atoms with Crippen molar-refractivity contribution in [3.05, 3.63) is 53.1 Å². The summed E-state index contributed by atoms with van der Waals surface area (Å²) in [6, 6.07) is 11.9. The maximum absolute atomic E-state index is 11.9. The highest BCUT2D eigenvalue weighted by molar-refractivity contribution is 6.33. The molecule has 2 rings (SSSR count). The van der Waals surface area contributed by atoms with Gasteiger partial charge in [-0.2, -0.15) is 0 Å². The van der Waals surface area contributed by atoms with E-state index in [1.807, 2.05) is 13.0 Å². The van der Waals surface area contributed by atoms with Crippen LogP contribution in [0.3, 0.4) is 0 Å². The summed E-state index contributed by atoms with van der Waals surface area (Å²) in [6.07, 6.45) is 0.139. The van der Waals surface area contributed by atoms with Gasteiger partial charge in [0.15, 0.2) is 0 Å². The van der Waals surface area contributed by atoms with Crippen LogP contribution < -0.4 is 20.7 Å². The summed E-state index contributed by atoms with van der Waals surface area (Å²) in [7, 11) is 1.57. The van der Waals surface area contributed by atoms with Crippen LogP contribution in [0.15, 0.2) is 42.5 Å². The van der Waals surface area contributed by atoms with Gasteiger partial charge in [0.25, 0.3) is 0 Å². The molecule has 25 heavy (non-hydrogen) atoms. The molecule has 7 heteroatoms. The summed E-state index contributed by atoms with van der Waals surface area (Å²) < 4.78 is 5.05. The number of hydrogen-bond donors (Lipinski definition) is 3. The Morgan fingerprint density at radius 3 is 2.44 bits per heavy atom. The second kappa shape index (κ2) is 8.94. The molecule has 0 unspecified atom stereocenters. The second-order valence-corrected chi connectivity index (χ2v) is 5.80. The largest absolute Gasteiger partial charge is 0.497 e. The topological polar surface area (TPSA) is 79.5 Å². The molecule has 0 radical (unpaired) electrons. The van der Waals surface area contributed by atoms with Crippen LogP contribution >= 0.6 is 11.6 Å². The minimum absolute atomic E-state index is 0.139. The number of carbonyl (C=O) groups is 2. The van der Waals surface area contributed by atoms with Crippen LogP contribution in [-0.2, 0) is 4.79 Å². The Morgan fingerprint density at radius 2 is 1.80 bits per heavy atom. The van der Waals surface area contributed by atoms with Crippen LogP contribution in [0.2, 0.25) is 5.02 Å². The molecule has 0 aromatic heterocycles. The van der Waals surface area contributed by atoms with Gasteiger partial charge in [-0.1, -0.05) is 17.7 Å². The number of benzene rings is 2. The maximum atomic E-state index is 11.9. The van der Waals surface area contributed by atoms with Gasteiger partial charge in [-0.3, -0.25) is 4.79 Å². The van der Waals surface area contributed by atoms with Crippen LogP contribution in [0.5, 0.6) is 5.75 Å². The summed E-state index contributed by atoms with van der Waals surface area (Å²) in [5.74, 6) is 0.480. The minimum Gasteiger partial charge on any atom is -0.497 e. The van der Waals surface area contributed by atoms with Crippen LogP contribution in [0.4, 0.5) is 16.2 Å². The maximum Gasteiger partial charge on any atom is 0.319 e. The molecule has 0 fully saturated rings. The normalized spacial score (nSPS) is 10.0. The number of methoxy groups -OCH3 is 1. The fraction of sp³-hybridized carbons (Fsp3) is 0.222. The van der Waals surface area contributed by atoms with E-state index in [-0.39, 0.29) is 24.9 Å². The number of ether oxygens (including phenoxy) is 1. The standard InChI is InChI=1S/C18H20ClN3O3/c1-12-3-8-16(15(19)11-12)22-17(23)9-10-20-18(24)21-13-4-6-14(25-2)7-5-13/h3-8,11H,9-10H2,1-2H3,(H,22,23)(H2,20,21,24). The van der Waals surface area contributed by atoms with Gasteiger partial charge >= 0.3 is 6.03 Å². The number of halogens is 1. The van der Waals surface area contributed by atoms with Gasteiger partial charge in [-0.05, 0) is 48.9 Å². The summed E-state index contributed by atoms with van der Waals surface area (Å²) in [4.78, 5) is 23.7. The summed E-state index contributed by atoms with van der Waals surface area (Å²) in [6.45, 7) is 2.13. The Morgan fingerprint density at radius 1 is 1.08 bits per heavy atom. The quantitative estimate of drug-likeness (QED) is 0.732. The van der Waals surface area contributed by atoms with Gasteiger partial charge in [0.05, 0.1) is 17.8 Å². The van der Waals surface area contributed by atoms with Crippen LogP contribution in [0.1, 0.15) is 12.0 Å². The van der Waals surface area contributed by atoms with Crippen molar-refractivity contribution in [2.45, 2.75) is 13.3 Å². The van der Waals surface area contributed by atoms with Crippen LogP contribution in [0, 0.1) is 6.92 Å². The van der Waals surface area contributed by atoms with E-state index >= 15 is 0 Å². The smallest absolute Gasteiger partial charge is 0.319 e. The van der Waals surface area contributed by atoms with E-state index in [0.717, 1.165) is 5.56 Å². The van der Waals surface area contributed by atoms with E-state index in [1.165, 1.54) is 0 Å². The zero-order chi connectivity index (χ0) is 18.2. The Labute approximate surface area is 151 Å². The van der Waals surface area contributed by atoms with E-state index in [1.54, 1.807) is 43.5 Å². The Kier molecular flexibility index (Phi) is 6.65. The average Bonchev–Trinajstić information content (AvgIpc) is 2.58. The number of carbonyl (C=O) groups excluding carboxylic acids is 2. The molecule has 132 valence electrons. The van der Waals surface area contributed by atoms with E-state index in [2.05, 4.69) is 16.0 Å². The summed E-state index contributed by atoms with van der Waals surface area (Å²) in [5.41, 5.74) is 2.20. The monoisotopic (exact) mass is 361 g/mol. The number of hydrogen-bond acceptors (Lipinski definition) is 3. The van der Waals surface area contributed by atoms with Gasteiger partial charge < -0.3 is 20.7 Å². The molecule has 6 nitrogen and oxygen atoms in total. The lowest BCUT2D eigenvalue weighted by atomic mass is 10.2. The summed E-state index contributed by atoms with van der Waals surface area (Å²) in [5, 5.41) is 8.50. The number of amides is 3. The van der Waals surface area contributed by atoms with Crippen molar-refractivity contribution in [2.24, 2.45) is 0 Å². The molecule has 0 spiro atoms. The van der Waals surface area contributed by atoms with Crippen LogP contribution in [-0.4, -0.2) is 25.6 Å². The first kappa shape index (κ1) is 18.6. The first-order chi connectivity index (χ1) is 12.0. The number of nitrogens with one attached hydrogen (secondary N) is 3. The van der Waals surface area contributed by atoms with Crippen molar-refractivity contribution in [2.75, 3.05) is 24.3 Å². The SMILES string of the molecule is COc1ccc(NC(=O)NCCC(=O)Nc2ccc(C)cc2Cl)cc1. The Bertz CT molecular complexity index is 748. The van der Waals surface area contributed by atoms with Crippen molar-refractivity contribution < 1.29 is 14.3 Å². The number of urea groups is 1. The molecular weight excluding hydrogens is 342 g/mol. The lowest BCUT2D eigenvalue weighted by molar-refractivity contribution is -0.116. The molecule has 3 amide bonds. The first-order valence-electron chi connectivity index (χ1n) is 7.73. The Balaban J connectivity index is 1.73. The predicted molar refractivity (Wildman–Crippen MR) is 99.5 cm³/mol. The fourth-order valence-corrected chi connectivity index (χ4v) is 2.36. The highest BCUT2D eigenvalue weighted by Crippen LogP contribution is 2.22. The van der Waals surface area contributed by atoms with Crippen molar-refractivity contribution in [3.63, 3.8) is 0 Å². The molecule has 0 aliphatic heterocycles. The van der Waals surface area contributed by atoms with E-state index < -0.39 is 0 Å². The highest BCUT2D eigenvalue weighted by atomic mass is 35.5. The zero-order valence-corrected chi connectivity index (χ0v) is 14.8. The van der Waals surface area contributed by atoms with Crippen LogP contribution in [0.25, 0.3) is 0 Å². The predicted octanol–water partition coefficient (Wildman–Crippen LogP) is 3.81. The molecule has 2 aromatic rings. The summed E-state index contributed by atoms with van der Waals surface area (Å²) >= 11 is 6.07. The molecule has 0 heterocycles. The molecule has 3 N–H and O–H groups in total. The lowest BCUT2D eigenvalue weighted by Gasteiger charge is -2.10. The van der Waals surface area contributed by atoms with E-state index in [0.29, 0.717) is 22.1 Å². The molecule has 0 saturated carbocycles. The number of rotatable bonds is 6. The minimum atomic E-state index is -0.383. The second-order valence-electron chi connectivity index (χ2n) is 5.39. The van der Waals surface area contributed by atoms with E-state index in [9.17, 15) is 9.59 Å². The Hall–Kier alpha value is -2.73. The lowest BCUT2D eigenvalue weighted by Crippen LogP contribution is -2.31. The number of anilines is 2. The van der Waals surface area contributed by atoms with Crippen molar-refractivity contribution in [3.8, 4) is 5.75 Å². The van der Waals surface area contributed by atoms with Crippen molar-refractivity contribution in [1.29, 1.82) is 0 Å². The highest BCUT2D eigenvalue weighted by Gasteiger charge is 2.07. The zero-order valence-electron chi connectivity index (χ0n) is 14.1. The molecule has 0 aliphatic carbocycles. The third-order valence-corrected chi connectivity index (χ3v) is 3.70.